The smallest absolute Gasteiger partial charge is 0.258 e. The first-order valence-corrected chi connectivity index (χ1v) is 6.90. The number of thiazole rings is 1. The highest BCUT2D eigenvalue weighted by Crippen LogP contribution is 2.19. The summed E-state index contributed by atoms with van der Waals surface area (Å²) in [5, 5.41) is 10.0. The SMILES string of the molecule is CC(Nc1nc(Cl)nc(-n2cncn2)n1)c1nccs1. The summed E-state index contributed by atoms with van der Waals surface area (Å²) in [5.74, 6) is 0.662. The standard InChI is InChI=1S/C10H9ClN8S/c1-6(7-13-2-3-20-7)15-9-16-8(11)17-10(18-9)19-5-12-4-14-19/h2-6H,1H3,(H,15,16,17,18). The molecule has 0 aliphatic heterocycles. The van der Waals surface area contributed by atoms with Crippen molar-refractivity contribution < 1.29 is 0 Å². The van der Waals surface area contributed by atoms with E-state index >= 15 is 0 Å². The van der Waals surface area contributed by atoms with Crippen molar-refractivity contribution in [3.8, 4) is 5.95 Å². The molecule has 1 N–H and O–H groups in total. The Kier molecular flexibility index (Phi) is 3.52. The molecule has 0 aromatic carbocycles. The predicted molar refractivity (Wildman–Crippen MR) is 73.9 cm³/mol. The van der Waals surface area contributed by atoms with Crippen LogP contribution >= 0.6 is 22.9 Å². The highest BCUT2D eigenvalue weighted by molar-refractivity contribution is 7.09. The fourth-order valence-electron chi connectivity index (χ4n) is 1.52. The molecular weight excluding hydrogens is 300 g/mol. The number of anilines is 1. The minimum Gasteiger partial charge on any atom is -0.345 e. The highest BCUT2D eigenvalue weighted by atomic mass is 35.5. The first-order valence-electron chi connectivity index (χ1n) is 5.65. The Morgan fingerprint density at radius 2 is 2.25 bits per heavy atom. The van der Waals surface area contributed by atoms with Crippen LogP contribution < -0.4 is 5.32 Å². The maximum atomic E-state index is 5.90. The van der Waals surface area contributed by atoms with Crippen LogP contribution in [0.25, 0.3) is 5.95 Å². The highest BCUT2D eigenvalue weighted by Gasteiger charge is 2.12. The second-order valence-corrected chi connectivity index (χ2v) is 5.07. The Morgan fingerprint density at radius 3 is 2.95 bits per heavy atom. The molecule has 0 radical (unpaired) electrons. The third-order valence-corrected chi connectivity index (χ3v) is 3.51. The second kappa shape index (κ2) is 5.47. The lowest BCUT2D eigenvalue weighted by molar-refractivity contribution is 0.780. The Morgan fingerprint density at radius 1 is 1.35 bits per heavy atom. The van der Waals surface area contributed by atoms with Gasteiger partial charge in [-0.25, -0.2) is 9.97 Å². The van der Waals surface area contributed by atoms with Crippen molar-refractivity contribution in [3.63, 3.8) is 0 Å². The molecule has 0 bridgehead atoms. The van der Waals surface area contributed by atoms with Crippen LogP contribution in [0.15, 0.2) is 24.2 Å². The molecule has 20 heavy (non-hydrogen) atoms. The zero-order valence-electron chi connectivity index (χ0n) is 10.3. The second-order valence-electron chi connectivity index (χ2n) is 3.80. The van der Waals surface area contributed by atoms with Crippen molar-refractivity contribution in [2.24, 2.45) is 0 Å². The topological polar surface area (TPSA) is 94.3 Å². The molecule has 102 valence electrons. The quantitative estimate of drug-likeness (QED) is 0.784. The molecule has 3 aromatic rings. The van der Waals surface area contributed by atoms with Gasteiger partial charge in [0.15, 0.2) is 0 Å². The zero-order chi connectivity index (χ0) is 13.9. The summed E-state index contributed by atoms with van der Waals surface area (Å²) in [6.45, 7) is 1.96. The third-order valence-electron chi connectivity index (χ3n) is 2.39. The molecule has 3 heterocycles. The maximum absolute atomic E-state index is 5.90. The molecule has 0 aliphatic rings. The fourth-order valence-corrected chi connectivity index (χ4v) is 2.32. The van der Waals surface area contributed by atoms with E-state index < -0.39 is 0 Å². The van der Waals surface area contributed by atoms with E-state index in [-0.39, 0.29) is 11.3 Å². The van der Waals surface area contributed by atoms with Gasteiger partial charge in [-0.15, -0.1) is 11.3 Å². The molecule has 0 saturated carbocycles. The van der Waals surface area contributed by atoms with Crippen LogP contribution in [0.5, 0.6) is 0 Å². The average Bonchev–Trinajstić information content (AvgIpc) is 3.12. The van der Waals surface area contributed by atoms with Gasteiger partial charge in [0.05, 0.1) is 6.04 Å². The van der Waals surface area contributed by atoms with Crippen molar-refractivity contribution in [2.75, 3.05) is 5.32 Å². The molecule has 0 amide bonds. The van der Waals surface area contributed by atoms with E-state index in [0.29, 0.717) is 11.9 Å². The van der Waals surface area contributed by atoms with Gasteiger partial charge in [0.2, 0.25) is 11.2 Å². The monoisotopic (exact) mass is 308 g/mol. The summed E-state index contributed by atoms with van der Waals surface area (Å²) in [6, 6.07) is -0.0305. The summed E-state index contributed by atoms with van der Waals surface area (Å²) >= 11 is 7.45. The molecule has 3 aromatic heterocycles. The lowest BCUT2D eigenvalue weighted by Gasteiger charge is -2.11. The fraction of sp³-hybridized carbons (Fsp3) is 0.200. The van der Waals surface area contributed by atoms with E-state index in [2.05, 4.69) is 35.3 Å². The first-order chi connectivity index (χ1) is 9.72. The summed E-state index contributed by atoms with van der Waals surface area (Å²) in [6.07, 6.45) is 4.63. The van der Waals surface area contributed by atoms with E-state index in [1.165, 1.54) is 17.3 Å². The van der Waals surface area contributed by atoms with Gasteiger partial charge in [0.25, 0.3) is 5.95 Å². The van der Waals surface area contributed by atoms with E-state index in [1.54, 1.807) is 17.5 Å². The molecule has 0 fully saturated rings. The number of hydrogen-bond acceptors (Lipinski definition) is 8. The van der Waals surface area contributed by atoms with Gasteiger partial charge < -0.3 is 5.32 Å². The molecule has 0 spiro atoms. The Labute approximate surface area is 122 Å². The van der Waals surface area contributed by atoms with Crippen LogP contribution in [0.4, 0.5) is 5.95 Å². The number of aromatic nitrogens is 7. The van der Waals surface area contributed by atoms with Crippen molar-refractivity contribution in [1.29, 1.82) is 0 Å². The van der Waals surface area contributed by atoms with Crippen LogP contribution in [-0.4, -0.2) is 34.7 Å². The van der Waals surface area contributed by atoms with Gasteiger partial charge in [-0.2, -0.15) is 24.7 Å². The number of hydrogen-bond donors (Lipinski definition) is 1. The van der Waals surface area contributed by atoms with Crippen LogP contribution in [0, 0.1) is 0 Å². The van der Waals surface area contributed by atoms with Crippen molar-refractivity contribution in [2.45, 2.75) is 13.0 Å². The van der Waals surface area contributed by atoms with Crippen LogP contribution in [-0.2, 0) is 0 Å². The minimum atomic E-state index is -0.0305. The van der Waals surface area contributed by atoms with Crippen LogP contribution in [0.3, 0.4) is 0 Å². The van der Waals surface area contributed by atoms with Crippen molar-refractivity contribution in [3.05, 3.63) is 34.5 Å². The molecule has 3 rings (SSSR count). The largest absolute Gasteiger partial charge is 0.345 e. The van der Waals surface area contributed by atoms with E-state index in [1.807, 2.05) is 12.3 Å². The van der Waals surface area contributed by atoms with Crippen LogP contribution in [0.2, 0.25) is 5.28 Å². The number of nitrogens with one attached hydrogen (secondary N) is 1. The van der Waals surface area contributed by atoms with E-state index in [4.69, 9.17) is 11.6 Å². The molecular formula is C10H9ClN8S. The lowest BCUT2D eigenvalue weighted by Crippen LogP contribution is -2.12. The van der Waals surface area contributed by atoms with Gasteiger partial charge in [-0.1, -0.05) is 0 Å². The molecule has 0 aliphatic carbocycles. The summed E-state index contributed by atoms with van der Waals surface area (Å²) in [4.78, 5) is 20.4. The van der Waals surface area contributed by atoms with Gasteiger partial charge in [-0.05, 0) is 18.5 Å². The van der Waals surface area contributed by atoms with E-state index in [0.717, 1.165) is 5.01 Å². The molecule has 1 atom stereocenters. The molecule has 0 saturated heterocycles. The summed E-state index contributed by atoms with van der Waals surface area (Å²) in [7, 11) is 0. The van der Waals surface area contributed by atoms with Crippen LogP contribution in [0.1, 0.15) is 18.0 Å². The number of halogens is 1. The van der Waals surface area contributed by atoms with E-state index in [9.17, 15) is 0 Å². The van der Waals surface area contributed by atoms with Gasteiger partial charge in [-0.3, -0.25) is 0 Å². The number of rotatable bonds is 4. The van der Waals surface area contributed by atoms with Gasteiger partial charge >= 0.3 is 0 Å². The van der Waals surface area contributed by atoms with Gasteiger partial charge in [0, 0.05) is 11.6 Å². The lowest BCUT2D eigenvalue weighted by atomic mass is 10.4. The molecule has 10 heteroatoms. The maximum Gasteiger partial charge on any atom is 0.258 e. The zero-order valence-corrected chi connectivity index (χ0v) is 11.9. The Bertz CT molecular complexity index is 683. The van der Waals surface area contributed by atoms with Gasteiger partial charge in [0.1, 0.15) is 17.7 Å². The summed E-state index contributed by atoms with van der Waals surface area (Å²) < 4.78 is 1.41. The van der Waals surface area contributed by atoms with Crippen molar-refractivity contribution >= 4 is 28.9 Å². The Hall–Kier alpha value is -2.13. The normalized spacial score (nSPS) is 12.3. The predicted octanol–water partition coefficient (Wildman–Crippen LogP) is 1.74. The van der Waals surface area contributed by atoms with Crippen molar-refractivity contribution in [1.82, 2.24) is 34.7 Å². The summed E-state index contributed by atoms with van der Waals surface area (Å²) in [5.41, 5.74) is 0. The molecule has 8 nitrogen and oxygen atoms in total. The third kappa shape index (κ3) is 2.73. The number of nitrogens with zero attached hydrogens (tertiary/aromatic N) is 7. The molecule has 1 unspecified atom stereocenters. The Balaban J connectivity index is 1.87. The average molecular weight is 309 g/mol. The first kappa shape index (κ1) is 12.9. The minimum absolute atomic E-state index is 0.0305.